The zero-order chi connectivity index (χ0) is 19.1. The van der Waals surface area contributed by atoms with Crippen LogP contribution in [0.15, 0.2) is 18.2 Å². The zero-order valence-corrected chi connectivity index (χ0v) is 14.9. The average molecular weight is 372 g/mol. The maximum Gasteiger partial charge on any atom is 0.264 e. The molecule has 4 rings (SSSR count). The molecule has 27 heavy (non-hydrogen) atoms. The summed E-state index contributed by atoms with van der Waals surface area (Å²) in [7, 11) is 1.81. The van der Waals surface area contributed by atoms with E-state index in [1.165, 1.54) is 0 Å². The Kier molecular flexibility index (Phi) is 4.40. The number of amides is 4. The van der Waals surface area contributed by atoms with Crippen molar-refractivity contribution in [3.8, 4) is 0 Å². The molecular weight excluding hydrogens is 352 g/mol. The molecule has 9 heteroatoms. The summed E-state index contributed by atoms with van der Waals surface area (Å²) in [6.07, 6.45) is -0.0347. The molecule has 1 aromatic carbocycles. The van der Waals surface area contributed by atoms with Crippen LogP contribution in [0.5, 0.6) is 0 Å². The van der Waals surface area contributed by atoms with Gasteiger partial charge in [0.15, 0.2) is 0 Å². The maximum absolute atomic E-state index is 13.1. The monoisotopic (exact) mass is 372 g/mol. The molecule has 0 aliphatic carbocycles. The summed E-state index contributed by atoms with van der Waals surface area (Å²) in [5.74, 6) is -2.04. The highest BCUT2D eigenvalue weighted by Gasteiger charge is 2.46. The molecule has 2 N–H and O–H groups in total. The number of ether oxygens (including phenoxy) is 1. The largest absolute Gasteiger partial charge is 0.356 e. The third-order valence-corrected chi connectivity index (χ3v) is 5.17. The number of carbonyl (C=O) groups is 4. The normalized spacial score (nSPS) is 25.4. The van der Waals surface area contributed by atoms with Gasteiger partial charge in [0.25, 0.3) is 11.8 Å². The number of rotatable bonds is 3. The number of piperidine rings is 1. The summed E-state index contributed by atoms with van der Waals surface area (Å²) in [4.78, 5) is 52.3. The van der Waals surface area contributed by atoms with E-state index in [0.717, 1.165) is 11.4 Å². The van der Waals surface area contributed by atoms with Crippen LogP contribution in [0.25, 0.3) is 0 Å². The molecule has 0 spiro atoms. The molecule has 0 radical (unpaired) electrons. The number of hydrogen-bond acceptors (Lipinski definition) is 7. The van der Waals surface area contributed by atoms with E-state index < -0.39 is 29.7 Å². The van der Waals surface area contributed by atoms with Crippen LogP contribution in [0, 0.1) is 0 Å². The lowest BCUT2D eigenvalue weighted by Crippen LogP contribution is -2.54. The Morgan fingerprint density at radius 1 is 1.19 bits per heavy atom. The van der Waals surface area contributed by atoms with Crippen LogP contribution in [0.4, 0.5) is 5.69 Å². The van der Waals surface area contributed by atoms with Crippen molar-refractivity contribution < 1.29 is 23.9 Å². The van der Waals surface area contributed by atoms with Gasteiger partial charge in [0.1, 0.15) is 12.3 Å². The third-order valence-electron chi connectivity index (χ3n) is 5.17. The van der Waals surface area contributed by atoms with Gasteiger partial charge in [-0.05, 0) is 18.6 Å². The van der Waals surface area contributed by atoms with Crippen molar-refractivity contribution in [3.63, 3.8) is 0 Å². The second kappa shape index (κ2) is 6.75. The Labute approximate surface area is 155 Å². The molecule has 3 aliphatic heterocycles. The number of carbonyl (C=O) groups excluding carboxylic acids is 4. The van der Waals surface area contributed by atoms with Crippen molar-refractivity contribution in [3.05, 3.63) is 29.3 Å². The number of hydrogen-bond donors (Lipinski definition) is 2. The van der Waals surface area contributed by atoms with Crippen LogP contribution in [0.3, 0.4) is 0 Å². The summed E-state index contributed by atoms with van der Waals surface area (Å²) in [6, 6.07) is 4.08. The Morgan fingerprint density at radius 2 is 2.00 bits per heavy atom. The van der Waals surface area contributed by atoms with Crippen molar-refractivity contribution in [2.45, 2.75) is 25.1 Å². The van der Waals surface area contributed by atoms with Crippen LogP contribution in [0.1, 0.15) is 33.6 Å². The molecule has 1 unspecified atom stereocenters. The predicted molar refractivity (Wildman–Crippen MR) is 94.1 cm³/mol. The number of nitrogens with zero attached hydrogens (tertiary/aromatic N) is 2. The van der Waals surface area contributed by atoms with Crippen LogP contribution in [-0.4, -0.2) is 67.5 Å². The summed E-state index contributed by atoms with van der Waals surface area (Å²) in [5, 5.41) is 5.43. The van der Waals surface area contributed by atoms with Crippen molar-refractivity contribution >= 4 is 29.3 Å². The first kappa shape index (κ1) is 17.6. The second-order valence-corrected chi connectivity index (χ2v) is 6.79. The number of nitrogens with one attached hydrogen (secondary N) is 2. The SMILES string of the molecule is CN(c1cccc2c1C(=O)N(C1CCC(=O)NC1=O)C2=O)[C@H]1CNCCO1. The van der Waals surface area contributed by atoms with Crippen molar-refractivity contribution in [1.29, 1.82) is 0 Å². The molecule has 142 valence electrons. The fourth-order valence-corrected chi connectivity index (χ4v) is 3.75. The van der Waals surface area contributed by atoms with Gasteiger partial charge in [0, 0.05) is 26.6 Å². The van der Waals surface area contributed by atoms with Gasteiger partial charge < -0.3 is 15.0 Å². The van der Waals surface area contributed by atoms with E-state index >= 15 is 0 Å². The van der Waals surface area contributed by atoms with Gasteiger partial charge in [-0.15, -0.1) is 0 Å². The van der Waals surface area contributed by atoms with E-state index in [0.29, 0.717) is 18.8 Å². The standard InChI is InChI=1S/C18H20N4O5/c1-21(14-9-19-7-8-27-14)11-4-2-3-10-15(11)18(26)22(17(10)25)12-5-6-13(23)20-16(12)24/h2-4,12,14,19H,5-9H2,1H3,(H,20,23,24)/t12?,14-/m1/s1. The van der Waals surface area contributed by atoms with Crippen molar-refractivity contribution in [2.75, 3.05) is 31.6 Å². The molecule has 3 aliphatic rings. The third kappa shape index (κ3) is 2.88. The van der Waals surface area contributed by atoms with Crippen molar-refractivity contribution in [2.24, 2.45) is 0 Å². The first-order chi connectivity index (χ1) is 13.0. The topological polar surface area (TPSA) is 108 Å². The Bertz CT molecular complexity index is 833. The number of anilines is 1. The minimum absolute atomic E-state index is 0.0954. The zero-order valence-electron chi connectivity index (χ0n) is 14.9. The van der Waals surface area contributed by atoms with Crippen LogP contribution < -0.4 is 15.5 Å². The van der Waals surface area contributed by atoms with E-state index in [4.69, 9.17) is 4.74 Å². The molecule has 4 amide bonds. The van der Waals surface area contributed by atoms with Gasteiger partial charge in [0.2, 0.25) is 11.8 Å². The minimum Gasteiger partial charge on any atom is -0.356 e. The van der Waals surface area contributed by atoms with Gasteiger partial charge >= 0.3 is 0 Å². The van der Waals surface area contributed by atoms with Gasteiger partial charge in [-0.1, -0.05) is 6.07 Å². The van der Waals surface area contributed by atoms with Crippen molar-refractivity contribution in [1.82, 2.24) is 15.5 Å². The first-order valence-corrected chi connectivity index (χ1v) is 8.89. The first-order valence-electron chi connectivity index (χ1n) is 8.89. The van der Waals surface area contributed by atoms with E-state index in [1.54, 1.807) is 25.2 Å². The molecule has 3 heterocycles. The molecule has 1 aromatic rings. The predicted octanol–water partition coefficient (Wildman–Crippen LogP) is -0.530. The Morgan fingerprint density at radius 3 is 2.70 bits per heavy atom. The molecule has 9 nitrogen and oxygen atoms in total. The minimum atomic E-state index is -0.971. The van der Waals surface area contributed by atoms with E-state index in [1.807, 2.05) is 4.90 Å². The lowest BCUT2D eigenvalue weighted by molar-refractivity contribution is -0.136. The average Bonchev–Trinajstić information content (AvgIpc) is 2.93. The Hall–Kier alpha value is -2.78. The summed E-state index contributed by atoms with van der Waals surface area (Å²) >= 11 is 0. The fraction of sp³-hybridized carbons (Fsp3) is 0.444. The smallest absolute Gasteiger partial charge is 0.264 e. The Balaban J connectivity index is 1.67. The molecule has 2 fully saturated rings. The fourth-order valence-electron chi connectivity index (χ4n) is 3.75. The van der Waals surface area contributed by atoms with Gasteiger partial charge in [0.05, 0.1) is 23.4 Å². The molecule has 2 saturated heterocycles. The number of benzene rings is 1. The number of likely N-dealkylation sites (N-methyl/N-ethyl adjacent to an activating group) is 1. The summed E-state index contributed by atoms with van der Waals surface area (Å²) in [5.41, 5.74) is 1.11. The van der Waals surface area contributed by atoms with E-state index in [9.17, 15) is 19.2 Å². The molecular formula is C18H20N4O5. The molecule has 0 saturated carbocycles. The number of imide groups is 2. The quantitative estimate of drug-likeness (QED) is 0.687. The highest BCUT2D eigenvalue weighted by atomic mass is 16.5. The summed E-state index contributed by atoms with van der Waals surface area (Å²) in [6.45, 7) is 1.91. The van der Waals surface area contributed by atoms with Crippen LogP contribution in [0.2, 0.25) is 0 Å². The second-order valence-electron chi connectivity index (χ2n) is 6.79. The lowest BCUT2D eigenvalue weighted by Gasteiger charge is -2.34. The molecule has 0 bridgehead atoms. The van der Waals surface area contributed by atoms with Crippen LogP contribution >= 0.6 is 0 Å². The maximum atomic E-state index is 13.1. The van der Waals surface area contributed by atoms with Crippen LogP contribution in [-0.2, 0) is 14.3 Å². The van der Waals surface area contributed by atoms with Gasteiger partial charge in [-0.3, -0.25) is 29.4 Å². The number of morpholine rings is 1. The van der Waals surface area contributed by atoms with Gasteiger partial charge in [-0.25, -0.2) is 0 Å². The van der Waals surface area contributed by atoms with Gasteiger partial charge in [-0.2, -0.15) is 0 Å². The number of fused-ring (bicyclic) bond motifs is 1. The highest BCUT2D eigenvalue weighted by Crippen LogP contribution is 2.34. The lowest BCUT2D eigenvalue weighted by atomic mass is 10.0. The summed E-state index contributed by atoms with van der Waals surface area (Å²) < 4.78 is 5.74. The van der Waals surface area contributed by atoms with E-state index in [2.05, 4.69) is 10.6 Å². The molecule has 0 aromatic heterocycles. The van der Waals surface area contributed by atoms with E-state index in [-0.39, 0.29) is 30.2 Å². The highest BCUT2D eigenvalue weighted by molar-refractivity contribution is 6.25. The molecule has 2 atom stereocenters.